The average molecular weight is 251 g/mol. The minimum absolute atomic E-state index is 0.0840. The van der Waals surface area contributed by atoms with Crippen molar-refractivity contribution in [2.75, 3.05) is 0 Å². The Hall–Kier alpha value is -1.60. The minimum atomic E-state index is 0.0840. The van der Waals surface area contributed by atoms with Crippen molar-refractivity contribution in [3.8, 4) is 0 Å². The third-order valence-electron chi connectivity index (χ3n) is 1.83. The van der Waals surface area contributed by atoms with Crippen molar-refractivity contribution in [1.29, 1.82) is 0 Å². The predicted octanol–water partition coefficient (Wildman–Crippen LogP) is 2.44. The third-order valence-corrected chi connectivity index (χ3v) is 2.82. The molecule has 0 amide bonds. The Bertz CT molecular complexity index is 560. The predicted molar refractivity (Wildman–Crippen MR) is 68.8 cm³/mol. The topological polar surface area (TPSA) is 75.7 Å². The van der Waals surface area contributed by atoms with E-state index < -0.39 is 0 Å². The van der Waals surface area contributed by atoms with Crippen LogP contribution in [0.2, 0.25) is 0 Å². The standard InChI is InChI=1S/C9H9N5S2/c1-5-2-3-6-7(4-5)16-9(11-6)13-14-12-8(10)15/h2-4H,1H3,(H3,10,11,12,13,15). The van der Waals surface area contributed by atoms with E-state index in [2.05, 4.69) is 39.0 Å². The number of thiazole rings is 1. The van der Waals surface area contributed by atoms with Crippen molar-refractivity contribution in [3.05, 3.63) is 23.8 Å². The Morgan fingerprint density at radius 1 is 1.56 bits per heavy atom. The summed E-state index contributed by atoms with van der Waals surface area (Å²) < 4.78 is 1.09. The monoisotopic (exact) mass is 251 g/mol. The van der Waals surface area contributed by atoms with Crippen LogP contribution in [0.3, 0.4) is 0 Å². The van der Waals surface area contributed by atoms with E-state index in [-0.39, 0.29) is 5.11 Å². The molecule has 1 heterocycles. The van der Waals surface area contributed by atoms with Gasteiger partial charge in [0.15, 0.2) is 5.11 Å². The fourth-order valence-corrected chi connectivity index (χ4v) is 2.11. The highest BCUT2D eigenvalue weighted by Crippen LogP contribution is 2.28. The molecule has 0 aliphatic heterocycles. The van der Waals surface area contributed by atoms with Gasteiger partial charge in [-0.2, -0.15) is 0 Å². The second kappa shape index (κ2) is 4.50. The van der Waals surface area contributed by atoms with Crippen molar-refractivity contribution in [1.82, 2.24) is 10.4 Å². The van der Waals surface area contributed by atoms with Gasteiger partial charge in [-0.15, -0.1) is 5.11 Å². The van der Waals surface area contributed by atoms with E-state index in [0.717, 1.165) is 10.2 Å². The molecule has 5 nitrogen and oxygen atoms in total. The molecule has 1 aromatic heterocycles. The number of nitrogens with zero attached hydrogens (tertiary/aromatic N) is 3. The second-order valence-electron chi connectivity index (χ2n) is 3.14. The molecule has 1 aromatic carbocycles. The molecular weight excluding hydrogens is 242 g/mol. The summed E-state index contributed by atoms with van der Waals surface area (Å²) in [6, 6.07) is 6.03. The van der Waals surface area contributed by atoms with Crippen molar-refractivity contribution in [2.24, 2.45) is 16.1 Å². The van der Waals surface area contributed by atoms with Gasteiger partial charge in [0.05, 0.1) is 10.2 Å². The number of aromatic nitrogens is 1. The lowest BCUT2D eigenvalue weighted by Crippen LogP contribution is -2.23. The lowest BCUT2D eigenvalue weighted by atomic mass is 10.2. The molecule has 3 N–H and O–H groups in total. The second-order valence-corrected chi connectivity index (χ2v) is 4.59. The molecule has 16 heavy (non-hydrogen) atoms. The van der Waals surface area contributed by atoms with Crippen molar-refractivity contribution in [2.45, 2.75) is 6.92 Å². The molecule has 0 saturated heterocycles. The molecule has 0 aliphatic rings. The Balaban J connectivity index is 2.26. The van der Waals surface area contributed by atoms with E-state index >= 15 is 0 Å². The van der Waals surface area contributed by atoms with E-state index in [1.807, 2.05) is 19.1 Å². The maximum absolute atomic E-state index is 5.20. The molecule has 7 heteroatoms. The molecule has 0 bridgehead atoms. The van der Waals surface area contributed by atoms with Crippen LogP contribution in [0.25, 0.3) is 10.2 Å². The van der Waals surface area contributed by atoms with Gasteiger partial charge >= 0.3 is 0 Å². The minimum Gasteiger partial charge on any atom is -0.375 e. The Kier molecular flexibility index (Phi) is 3.07. The number of hydrogen-bond acceptors (Lipinski definition) is 5. The van der Waals surface area contributed by atoms with E-state index in [0.29, 0.717) is 5.13 Å². The van der Waals surface area contributed by atoms with Gasteiger partial charge in [0, 0.05) is 0 Å². The zero-order chi connectivity index (χ0) is 11.5. The summed E-state index contributed by atoms with van der Waals surface area (Å²) in [4.78, 5) is 4.28. The summed E-state index contributed by atoms with van der Waals surface area (Å²) in [6.07, 6.45) is 0. The van der Waals surface area contributed by atoms with Gasteiger partial charge in [0.2, 0.25) is 5.13 Å². The zero-order valence-electron chi connectivity index (χ0n) is 8.47. The molecule has 0 radical (unpaired) electrons. The summed E-state index contributed by atoms with van der Waals surface area (Å²) in [6.45, 7) is 2.04. The first-order valence-electron chi connectivity index (χ1n) is 4.48. The average Bonchev–Trinajstić information content (AvgIpc) is 2.58. The molecular formula is C9H9N5S2. The number of nitrogens with one attached hydrogen (secondary N) is 1. The number of thiocarbonyl (C=S) groups is 1. The molecule has 0 aliphatic carbocycles. The van der Waals surface area contributed by atoms with Gasteiger partial charge in [0.1, 0.15) is 0 Å². The number of benzene rings is 1. The molecule has 0 atom stereocenters. The smallest absolute Gasteiger partial charge is 0.232 e. The Morgan fingerprint density at radius 3 is 3.12 bits per heavy atom. The normalized spacial score (nSPS) is 11.1. The van der Waals surface area contributed by atoms with Gasteiger partial charge in [-0.3, -0.25) is 0 Å². The molecule has 2 rings (SSSR count). The van der Waals surface area contributed by atoms with Crippen LogP contribution < -0.4 is 11.2 Å². The largest absolute Gasteiger partial charge is 0.375 e. The summed E-state index contributed by atoms with van der Waals surface area (Å²) in [5, 5.41) is 8.14. The van der Waals surface area contributed by atoms with Gasteiger partial charge in [0.25, 0.3) is 0 Å². The van der Waals surface area contributed by atoms with Gasteiger partial charge in [-0.1, -0.05) is 22.6 Å². The van der Waals surface area contributed by atoms with Crippen LogP contribution in [0.5, 0.6) is 0 Å². The van der Waals surface area contributed by atoms with Crippen LogP contribution in [-0.4, -0.2) is 10.1 Å². The lowest BCUT2D eigenvalue weighted by Gasteiger charge is -1.88. The molecule has 0 spiro atoms. The van der Waals surface area contributed by atoms with Crippen molar-refractivity contribution >= 4 is 44.0 Å². The fraction of sp³-hybridized carbons (Fsp3) is 0.111. The summed E-state index contributed by atoms with van der Waals surface area (Å²) >= 11 is 6.06. The number of hydrogen-bond donors (Lipinski definition) is 2. The number of aryl methyl sites for hydroxylation is 1. The van der Waals surface area contributed by atoms with Crippen molar-refractivity contribution < 1.29 is 0 Å². The molecule has 0 fully saturated rings. The molecule has 2 aromatic rings. The van der Waals surface area contributed by atoms with Crippen LogP contribution >= 0.6 is 23.6 Å². The Labute approximate surface area is 101 Å². The van der Waals surface area contributed by atoms with Crippen LogP contribution in [-0.2, 0) is 0 Å². The van der Waals surface area contributed by atoms with E-state index in [4.69, 9.17) is 5.73 Å². The first-order chi connectivity index (χ1) is 7.65. The van der Waals surface area contributed by atoms with E-state index in [1.54, 1.807) is 0 Å². The van der Waals surface area contributed by atoms with Crippen molar-refractivity contribution in [3.63, 3.8) is 0 Å². The molecule has 82 valence electrons. The third kappa shape index (κ3) is 2.50. The van der Waals surface area contributed by atoms with E-state index in [1.165, 1.54) is 16.9 Å². The zero-order valence-corrected chi connectivity index (χ0v) is 10.1. The van der Waals surface area contributed by atoms with Crippen LogP contribution in [0.1, 0.15) is 5.56 Å². The van der Waals surface area contributed by atoms with Crippen LogP contribution in [0.4, 0.5) is 5.13 Å². The van der Waals surface area contributed by atoms with Crippen LogP contribution in [0.15, 0.2) is 28.5 Å². The van der Waals surface area contributed by atoms with Gasteiger partial charge in [-0.25, -0.2) is 10.4 Å². The van der Waals surface area contributed by atoms with Crippen LogP contribution in [0, 0.1) is 6.92 Å². The highest BCUT2D eigenvalue weighted by Gasteiger charge is 2.02. The summed E-state index contributed by atoms with van der Waals surface area (Å²) in [5.41, 5.74) is 9.70. The SMILES string of the molecule is Cc1ccc2nc(/N=N/NC(N)=S)sc2c1. The summed E-state index contributed by atoms with van der Waals surface area (Å²) in [7, 11) is 0. The maximum Gasteiger partial charge on any atom is 0.232 e. The Morgan fingerprint density at radius 2 is 2.38 bits per heavy atom. The highest BCUT2D eigenvalue weighted by atomic mass is 32.1. The lowest BCUT2D eigenvalue weighted by molar-refractivity contribution is 0.919. The summed E-state index contributed by atoms with van der Waals surface area (Å²) in [5.74, 6) is 0. The molecule has 0 unspecified atom stereocenters. The number of rotatable bonds is 2. The van der Waals surface area contributed by atoms with Gasteiger partial charge in [-0.05, 0) is 36.8 Å². The molecule has 0 saturated carbocycles. The van der Waals surface area contributed by atoms with E-state index in [9.17, 15) is 0 Å². The number of fused-ring (bicyclic) bond motifs is 1. The van der Waals surface area contributed by atoms with Gasteiger partial charge < -0.3 is 5.73 Å². The number of nitrogens with two attached hydrogens (primary N) is 1. The first kappa shape index (κ1) is 10.9. The quantitative estimate of drug-likeness (QED) is 0.488. The first-order valence-corrected chi connectivity index (χ1v) is 5.71. The maximum atomic E-state index is 5.20. The fourth-order valence-electron chi connectivity index (χ4n) is 1.18. The highest BCUT2D eigenvalue weighted by molar-refractivity contribution is 7.80.